The van der Waals surface area contributed by atoms with E-state index in [4.69, 9.17) is 0 Å². The minimum atomic E-state index is 0.0735. The molecule has 1 N–H and O–H groups in total. The predicted molar refractivity (Wildman–Crippen MR) is 94.4 cm³/mol. The average Bonchev–Trinajstić information content (AvgIpc) is 3.46. The topological polar surface area (TPSA) is 49.4 Å². The Morgan fingerprint density at radius 3 is 2.42 bits per heavy atom. The lowest BCUT2D eigenvalue weighted by molar-refractivity contribution is -0.135. The summed E-state index contributed by atoms with van der Waals surface area (Å²) in [6.45, 7) is 3.53. The third kappa shape index (κ3) is 4.59. The zero-order valence-corrected chi connectivity index (χ0v) is 14.5. The highest BCUT2D eigenvalue weighted by Crippen LogP contribution is 2.32. The smallest absolute Gasteiger partial charge is 0.223 e. The first-order chi connectivity index (χ1) is 11.6. The molecule has 4 heteroatoms. The molecule has 2 aliphatic rings. The van der Waals surface area contributed by atoms with Crippen LogP contribution in [0.2, 0.25) is 0 Å². The van der Waals surface area contributed by atoms with E-state index in [1.807, 2.05) is 23.1 Å². The van der Waals surface area contributed by atoms with Gasteiger partial charge in [-0.2, -0.15) is 0 Å². The molecule has 1 aromatic carbocycles. The summed E-state index contributed by atoms with van der Waals surface area (Å²) in [6.07, 6.45) is 5.42. The monoisotopic (exact) mass is 328 g/mol. The Hall–Kier alpha value is -1.84. The maximum atomic E-state index is 12.3. The Morgan fingerprint density at radius 1 is 1.12 bits per heavy atom. The highest BCUT2D eigenvalue weighted by molar-refractivity contribution is 5.80. The van der Waals surface area contributed by atoms with Gasteiger partial charge in [-0.25, -0.2) is 0 Å². The van der Waals surface area contributed by atoms with Crippen molar-refractivity contribution in [2.75, 3.05) is 13.1 Å². The second-order valence-corrected chi connectivity index (χ2v) is 7.28. The second kappa shape index (κ2) is 7.82. The number of hydrogen-bond acceptors (Lipinski definition) is 2. The molecule has 1 saturated heterocycles. The Labute approximate surface area is 144 Å². The molecule has 1 atom stereocenters. The Balaban J connectivity index is 1.39. The predicted octanol–water partition coefficient (Wildman–Crippen LogP) is 2.77. The number of carbonyl (C=O) groups excluding carboxylic acids is 2. The van der Waals surface area contributed by atoms with Crippen LogP contribution in [0.25, 0.3) is 0 Å². The second-order valence-electron chi connectivity index (χ2n) is 7.28. The van der Waals surface area contributed by atoms with E-state index in [0.29, 0.717) is 31.5 Å². The van der Waals surface area contributed by atoms with E-state index < -0.39 is 0 Å². The van der Waals surface area contributed by atoms with Crippen molar-refractivity contribution < 1.29 is 9.59 Å². The fourth-order valence-electron chi connectivity index (χ4n) is 3.50. The number of rotatable bonds is 6. The molecule has 1 saturated carbocycles. The maximum Gasteiger partial charge on any atom is 0.223 e. The molecule has 0 bridgehead atoms. The molecule has 3 rings (SSSR count). The minimum Gasteiger partial charge on any atom is -0.353 e. The van der Waals surface area contributed by atoms with Crippen molar-refractivity contribution in [1.82, 2.24) is 10.2 Å². The molecule has 2 amide bonds. The van der Waals surface area contributed by atoms with Crippen LogP contribution in [0, 0.1) is 11.8 Å². The number of benzene rings is 1. The van der Waals surface area contributed by atoms with Crippen molar-refractivity contribution in [1.29, 1.82) is 0 Å². The van der Waals surface area contributed by atoms with Gasteiger partial charge in [0.1, 0.15) is 0 Å². The molecule has 2 fully saturated rings. The number of amides is 2. The van der Waals surface area contributed by atoms with Crippen LogP contribution in [0.1, 0.15) is 44.6 Å². The molecule has 1 unspecified atom stereocenters. The molecule has 0 aromatic heterocycles. The lowest BCUT2D eigenvalue weighted by Gasteiger charge is -2.32. The average molecular weight is 328 g/mol. The summed E-state index contributed by atoms with van der Waals surface area (Å²) in [5.74, 6) is 1.16. The lowest BCUT2D eigenvalue weighted by Crippen LogP contribution is -2.45. The third-order valence-electron chi connectivity index (χ3n) is 5.39. The number of piperidine rings is 1. The van der Waals surface area contributed by atoms with Gasteiger partial charge in [-0.05, 0) is 50.5 Å². The molecule has 1 aliphatic heterocycles. The summed E-state index contributed by atoms with van der Waals surface area (Å²) < 4.78 is 0. The molecule has 24 heavy (non-hydrogen) atoms. The van der Waals surface area contributed by atoms with Gasteiger partial charge in [-0.1, -0.05) is 30.3 Å². The molecular formula is C20H28N2O2. The fraction of sp³-hybridized carbons (Fsp3) is 0.600. The van der Waals surface area contributed by atoms with Crippen molar-refractivity contribution in [2.24, 2.45) is 11.8 Å². The van der Waals surface area contributed by atoms with Crippen molar-refractivity contribution in [3.8, 4) is 0 Å². The molecule has 130 valence electrons. The summed E-state index contributed by atoms with van der Waals surface area (Å²) >= 11 is 0. The zero-order chi connectivity index (χ0) is 16.9. The van der Waals surface area contributed by atoms with Crippen LogP contribution < -0.4 is 5.32 Å². The number of hydrogen-bond donors (Lipinski definition) is 1. The first-order valence-corrected chi connectivity index (χ1v) is 9.25. The molecule has 1 aromatic rings. The number of aryl methyl sites for hydroxylation is 1. The highest BCUT2D eigenvalue weighted by Gasteiger charge is 2.32. The molecule has 1 aliphatic carbocycles. The zero-order valence-electron chi connectivity index (χ0n) is 14.5. The van der Waals surface area contributed by atoms with Crippen molar-refractivity contribution in [2.45, 2.75) is 51.5 Å². The van der Waals surface area contributed by atoms with Crippen LogP contribution in [0.5, 0.6) is 0 Å². The van der Waals surface area contributed by atoms with Gasteiger partial charge in [0.05, 0.1) is 0 Å². The van der Waals surface area contributed by atoms with Crippen LogP contribution in [-0.4, -0.2) is 35.8 Å². The largest absolute Gasteiger partial charge is 0.353 e. The summed E-state index contributed by atoms with van der Waals surface area (Å²) in [5.41, 5.74) is 1.20. The van der Waals surface area contributed by atoms with Crippen LogP contribution in [-0.2, 0) is 16.0 Å². The van der Waals surface area contributed by atoms with Crippen LogP contribution in [0.3, 0.4) is 0 Å². The van der Waals surface area contributed by atoms with Gasteiger partial charge < -0.3 is 10.2 Å². The van der Waals surface area contributed by atoms with E-state index in [0.717, 1.165) is 19.3 Å². The van der Waals surface area contributed by atoms with E-state index in [1.165, 1.54) is 18.4 Å². The summed E-state index contributed by atoms with van der Waals surface area (Å²) in [7, 11) is 0. The summed E-state index contributed by atoms with van der Waals surface area (Å²) in [6, 6.07) is 10.4. The van der Waals surface area contributed by atoms with E-state index in [-0.39, 0.29) is 17.7 Å². The Morgan fingerprint density at radius 2 is 1.79 bits per heavy atom. The molecule has 0 spiro atoms. The highest BCUT2D eigenvalue weighted by atomic mass is 16.2. The fourth-order valence-corrected chi connectivity index (χ4v) is 3.50. The van der Waals surface area contributed by atoms with Gasteiger partial charge in [0, 0.05) is 31.5 Å². The van der Waals surface area contributed by atoms with Crippen molar-refractivity contribution in [3.63, 3.8) is 0 Å². The molecular weight excluding hydrogens is 300 g/mol. The van der Waals surface area contributed by atoms with Gasteiger partial charge in [-0.3, -0.25) is 9.59 Å². The van der Waals surface area contributed by atoms with Crippen LogP contribution in [0.4, 0.5) is 0 Å². The summed E-state index contributed by atoms with van der Waals surface area (Å²) in [4.78, 5) is 26.6. The molecule has 1 heterocycles. The Bertz CT molecular complexity index is 560. The van der Waals surface area contributed by atoms with Gasteiger partial charge >= 0.3 is 0 Å². The maximum absolute atomic E-state index is 12.3. The number of likely N-dealkylation sites (tertiary alicyclic amines) is 1. The standard InChI is InChI=1S/C20H28N2O2/c1-15(17-8-9-17)21-20(24)18-11-13-22(14-12-18)19(23)10-7-16-5-3-2-4-6-16/h2-6,15,17-18H,7-14H2,1H3,(H,21,24). The minimum absolute atomic E-state index is 0.0735. The quantitative estimate of drug-likeness (QED) is 0.873. The van der Waals surface area contributed by atoms with E-state index in [9.17, 15) is 9.59 Å². The first-order valence-electron chi connectivity index (χ1n) is 9.25. The van der Waals surface area contributed by atoms with Gasteiger partial charge in [-0.15, -0.1) is 0 Å². The van der Waals surface area contributed by atoms with Gasteiger partial charge in [0.25, 0.3) is 0 Å². The number of nitrogens with zero attached hydrogens (tertiary/aromatic N) is 1. The molecule has 0 radical (unpaired) electrons. The number of nitrogens with one attached hydrogen (secondary N) is 1. The van der Waals surface area contributed by atoms with Crippen LogP contribution in [0.15, 0.2) is 30.3 Å². The first kappa shape index (κ1) is 17.0. The SMILES string of the molecule is CC(NC(=O)C1CCN(C(=O)CCc2ccccc2)CC1)C1CC1. The Kier molecular flexibility index (Phi) is 5.54. The van der Waals surface area contributed by atoms with Crippen molar-refractivity contribution >= 4 is 11.8 Å². The molecule has 4 nitrogen and oxygen atoms in total. The van der Waals surface area contributed by atoms with E-state index >= 15 is 0 Å². The third-order valence-corrected chi connectivity index (χ3v) is 5.39. The van der Waals surface area contributed by atoms with Crippen LogP contribution >= 0.6 is 0 Å². The van der Waals surface area contributed by atoms with Gasteiger partial charge in [0.2, 0.25) is 11.8 Å². The lowest BCUT2D eigenvalue weighted by atomic mass is 9.95. The van der Waals surface area contributed by atoms with Gasteiger partial charge in [0.15, 0.2) is 0 Å². The van der Waals surface area contributed by atoms with E-state index in [2.05, 4.69) is 24.4 Å². The number of carbonyl (C=O) groups is 2. The summed E-state index contributed by atoms with van der Waals surface area (Å²) in [5, 5.41) is 3.16. The van der Waals surface area contributed by atoms with Crippen molar-refractivity contribution in [3.05, 3.63) is 35.9 Å². The van der Waals surface area contributed by atoms with E-state index in [1.54, 1.807) is 0 Å². The normalized spacial score (nSPS) is 19.8.